The number of likely N-dealkylation sites (N-methyl/N-ethyl adjacent to an activating group) is 1. The van der Waals surface area contributed by atoms with Crippen molar-refractivity contribution < 1.29 is 32.3 Å². The van der Waals surface area contributed by atoms with Crippen LogP contribution in [0.3, 0.4) is 0 Å². The third-order valence-electron chi connectivity index (χ3n) is 14.3. The van der Waals surface area contributed by atoms with E-state index in [0.717, 1.165) is 36.1 Å². The van der Waals surface area contributed by atoms with Crippen LogP contribution in [0, 0.1) is 19.3 Å². The number of nitrogens with one attached hydrogen (secondary N) is 5. The van der Waals surface area contributed by atoms with Crippen molar-refractivity contribution in [3.63, 3.8) is 0 Å². The second-order valence-electron chi connectivity index (χ2n) is 21.4. The van der Waals surface area contributed by atoms with E-state index in [9.17, 15) is 22.8 Å². The van der Waals surface area contributed by atoms with Gasteiger partial charge in [-0.3, -0.25) is 24.4 Å². The van der Waals surface area contributed by atoms with Crippen LogP contribution in [-0.4, -0.2) is 148 Å². The van der Waals surface area contributed by atoms with Gasteiger partial charge in [0.2, 0.25) is 23.7 Å². The highest BCUT2D eigenvalue weighted by molar-refractivity contribution is 7.92. The smallest absolute Gasteiger partial charge is 0.246 e. The summed E-state index contributed by atoms with van der Waals surface area (Å²) in [6.07, 6.45) is 7.04. The quantitative estimate of drug-likeness (QED) is 0.0834. The van der Waals surface area contributed by atoms with E-state index >= 15 is 0 Å². The molecular weight excluding hydrogens is 986 g/mol. The van der Waals surface area contributed by atoms with Gasteiger partial charge in [-0.05, 0) is 90.5 Å². The van der Waals surface area contributed by atoms with Crippen molar-refractivity contribution in [1.82, 2.24) is 55.9 Å². The molecule has 5 atom stereocenters. The zero-order chi connectivity index (χ0) is 52.4. The summed E-state index contributed by atoms with van der Waals surface area (Å²) in [6, 6.07) is 8.96. The standard InChI is InChI=1S/C52H71N13O7S.ClH/c1-31-32(2)61-62-45(31)60-46-38-25-43(73(69,70)52(7,8)9)42(26-40(38)56-30-57-46)71-23-22-63-18-20-64(21-19-63)50-54-27-36(28-55-50)72-35-24-41(48(67)58-39-17-13-15-34-14-11-12-16-37(34)39)65(29-35)49(68)44(51(4,5)6)59-47(66)33(3)53-10;/h11-12,14,16,25-28,30,33,35,39,41,44,53H,13,15,17-24,29H2,1-10H3,(H,58,67)(H,59,66)(H2,56,57,60,61,62);1H/t33?,35-,39+,41-,44?;/m0./s1. The fourth-order valence-corrected chi connectivity index (χ4v) is 10.8. The van der Waals surface area contributed by atoms with Gasteiger partial charge in [0.25, 0.3) is 0 Å². The molecule has 74 heavy (non-hydrogen) atoms. The fraction of sp³-hybridized carbons (Fsp3) is 0.538. The molecule has 3 aromatic heterocycles. The average Bonchev–Trinajstić information content (AvgIpc) is 3.93. The maximum absolute atomic E-state index is 14.6. The number of H-pyrrole nitrogens is 1. The fourth-order valence-electron chi connectivity index (χ4n) is 9.48. The number of nitrogens with zero attached hydrogens (tertiary/aromatic N) is 8. The number of hydrogen-bond acceptors (Lipinski definition) is 16. The number of carbonyl (C=O) groups is 3. The molecule has 2 aromatic carbocycles. The first-order chi connectivity index (χ1) is 34.6. The molecule has 3 amide bonds. The molecule has 0 radical (unpaired) electrons. The third kappa shape index (κ3) is 12.2. The van der Waals surface area contributed by atoms with E-state index in [0.29, 0.717) is 67.0 Å². The molecule has 0 saturated carbocycles. The number of aromatic nitrogens is 6. The van der Waals surface area contributed by atoms with Crippen LogP contribution in [0.5, 0.6) is 11.5 Å². The summed E-state index contributed by atoms with van der Waals surface area (Å²) in [4.78, 5) is 66.2. The summed E-state index contributed by atoms with van der Waals surface area (Å²) in [7, 11) is -2.17. The molecule has 2 saturated heterocycles. The molecule has 3 aliphatic rings. The van der Waals surface area contributed by atoms with Crippen LogP contribution in [0.15, 0.2) is 60.0 Å². The number of carbonyl (C=O) groups excluding carboxylic acids is 3. The van der Waals surface area contributed by atoms with Crippen molar-refractivity contribution in [2.24, 2.45) is 5.41 Å². The zero-order valence-corrected chi connectivity index (χ0v) is 45.7. The number of aryl methyl sites for hydroxylation is 2. The molecule has 2 fully saturated rings. The van der Waals surface area contributed by atoms with Crippen molar-refractivity contribution in [1.29, 1.82) is 0 Å². The summed E-state index contributed by atoms with van der Waals surface area (Å²) >= 11 is 0. The Bertz CT molecular complexity index is 2920. The van der Waals surface area contributed by atoms with Gasteiger partial charge in [0.1, 0.15) is 47.6 Å². The lowest BCUT2D eigenvalue weighted by atomic mass is 9.85. The molecule has 400 valence electrons. The van der Waals surface area contributed by atoms with E-state index in [1.54, 1.807) is 64.2 Å². The molecule has 1 aliphatic carbocycles. The first kappa shape index (κ1) is 55.6. The molecule has 20 nitrogen and oxygen atoms in total. The highest BCUT2D eigenvalue weighted by Crippen LogP contribution is 2.38. The Kier molecular flexibility index (Phi) is 17.1. The predicted molar refractivity (Wildman–Crippen MR) is 286 cm³/mol. The Labute approximate surface area is 440 Å². The molecule has 0 spiro atoms. The van der Waals surface area contributed by atoms with Crippen LogP contribution >= 0.6 is 12.4 Å². The molecule has 5 heterocycles. The van der Waals surface area contributed by atoms with E-state index in [-0.39, 0.29) is 66.4 Å². The third-order valence-corrected chi connectivity index (χ3v) is 16.8. The van der Waals surface area contributed by atoms with E-state index in [1.807, 2.05) is 46.8 Å². The minimum absolute atomic E-state index is 0. The SMILES string of the molecule is CNC(C)C(=O)NC(C(=O)N1C[C@@H](Oc2cnc(N3CCN(CCOc4cc5ncnc(Nc6n[nH]c(C)c6C)c5cc4S(=O)(=O)C(C)(C)C)CC3)nc2)C[C@H]1C(=O)N[C@@H]1CCCc2ccccc21)C(C)(C)C.Cl. The van der Waals surface area contributed by atoms with Gasteiger partial charge in [0, 0.05) is 61.9 Å². The van der Waals surface area contributed by atoms with Crippen molar-refractivity contribution in [3.05, 3.63) is 77.5 Å². The zero-order valence-electron chi connectivity index (χ0n) is 44.1. The van der Waals surface area contributed by atoms with Crippen molar-refractivity contribution >= 4 is 68.5 Å². The van der Waals surface area contributed by atoms with Gasteiger partial charge in [-0.25, -0.2) is 28.4 Å². The van der Waals surface area contributed by atoms with Crippen molar-refractivity contribution in [2.75, 3.05) is 63.1 Å². The van der Waals surface area contributed by atoms with Gasteiger partial charge in [0.15, 0.2) is 21.4 Å². The Morgan fingerprint density at radius 3 is 2.32 bits per heavy atom. The number of benzene rings is 2. The van der Waals surface area contributed by atoms with Crippen LogP contribution in [0.4, 0.5) is 17.6 Å². The topological polar surface area (TPSA) is 242 Å². The normalized spacial score (nSPS) is 19.2. The maximum atomic E-state index is 14.6. The largest absolute Gasteiger partial charge is 0.491 e. The summed E-state index contributed by atoms with van der Waals surface area (Å²) in [5.41, 5.74) is 3.99. The number of ether oxygens (including phenoxy) is 2. The number of hydrogen-bond donors (Lipinski definition) is 5. The highest BCUT2D eigenvalue weighted by Gasteiger charge is 2.46. The molecule has 5 N–H and O–H groups in total. The van der Waals surface area contributed by atoms with Gasteiger partial charge in [-0.15, -0.1) is 12.4 Å². The second-order valence-corrected chi connectivity index (χ2v) is 24.1. The number of piperazine rings is 1. The molecule has 2 unspecified atom stereocenters. The first-order valence-corrected chi connectivity index (χ1v) is 26.7. The Balaban J connectivity index is 0.00000800. The lowest BCUT2D eigenvalue weighted by molar-refractivity contribution is -0.144. The molecular formula is C52H72ClN13O7S. The van der Waals surface area contributed by atoms with Crippen LogP contribution in [-0.2, 0) is 30.6 Å². The van der Waals surface area contributed by atoms with Crippen LogP contribution in [0.2, 0.25) is 0 Å². The predicted octanol–water partition coefficient (Wildman–Crippen LogP) is 5.38. The maximum Gasteiger partial charge on any atom is 0.246 e. The van der Waals surface area contributed by atoms with E-state index in [2.05, 4.69) is 73.3 Å². The van der Waals surface area contributed by atoms with Crippen molar-refractivity contribution in [2.45, 2.75) is 128 Å². The first-order valence-electron chi connectivity index (χ1n) is 25.2. The minimum atomic E-state index is -3.86. The Hall–Kier alpha value is -6.16. The second kappa shape index (κ2) is 22.8. The average molecular weight is 1060 g/mol. The summed E-state index contributed by atoms with van der Waals surface area (Å²) in [5, 5.41) is 20.2. The lowest BCUT2D eigenvalue weighted by Gasteiger charge is -2.36. The summed E-state index contributed by atoms with van der Waals surface area (Å²) in [5.74, 6) is 1.27. The van der Waals surface area contributed by atoms with Gasteiger partial charge < -0.3 is 40.5 Å². The van der Waals surface area contributed by atoms with Gasteiger partial charge >= 0.3 is 0 Å². The lowest BCUT2D eigenvalue weighted by Crippen LogP contribution is -2.59. The van der Waals surface area contributed by atoms with Crippen LogP contribution in [0.25, 0.3) is 10.9 Å². The molecule has 0 bridgehead atoms. The summed E-state index contributed by atoms with van der Waals surface area (Å²) < 4.78 is 39.7. The number of likely N-dealkylation sites (tertiary alicyclic amines) is 1. The van der Waals surface area contributed by atoms with Crippen molar-refractivity contribution in [3.8, 4) is 11.5 Å². The number of anilines is 3. The number of rotatable bonds is 16. The van der Waals surface area contributed by atoms with E-state index in [4.69, 9.17) is 9.47 Å². The number of aromatic amines is 1. The summed E-state index contributed by atoms with van der Waals surface area (Å²) in [6.45, 7) is 19.8. The van der Waals surface area contributed by atoms with Crippen LogP contribution < -0.4 is 35.6 Å². The van der Waals surface area contributed by atoms with Gasteiger partial charge in [-0.2, -0.15) is 5.10 Å². The molecule has 2 aliphatic heterocycles. The number of fused-ring (bicyclic) bond motifs is 2. The Morgan fingerprint density at radius 1 is 0.946 bits per heavy atom. The van der Waals surface area contributed by atoms with E-state index in [1.165, 1.54) is 11.9 Å². The Morgan fingerprint density at radius 2 is 1.66 bits per heavy atom. The molecule has 5 aromatic rings. The monoisotopic (exact) mass is 1060 g/mol. The minimum Gasteiger partial charge on any atom is -0.491 e. The number of amides is 3. The van der Waals surface area contributed by atoms with Crippen LogP contribution in [0.1, 0.15) is 96.2 Å². The molecule has 8 rings (SSSR count). The number of halogens is 1. The van der Waals surface area contributed by atoms with E-state index < -0.39 is 44.2 Å². The number of sulfone groups is 1. The highest BCUT2D eigenvalue weighted by atomic mass is 35.5. The van der Waals surface area contributed by atoms with Gasteiger partial charge in [0.05, 0.1) is 41.3 Å². The van der Waals surface area contributed by atoms with Gasteiger partial charge in [-0.1, -0.05) is 45.0 Å². The molecule has 22 heteroatoms.